The van der Waals surface area contributed by atoms with E-state index in [1.807, 2.05) is 31.2 Å². The van der Waals surface area contributed by atoms with E-state index in [2.05, 4.69) is 20.3 Å². The highest BCUT2D eigenvalue weighted by atomic mass is 16.1. The third-order valence-corrected chi connectivity index (χ3v) is 3.72. The Labute approximate surface area is 140 Å². The van der Waals surface area contributed by atoms with Gasteiger partial charge in [0, 0.05) is 42.1 Å². The lowest BCUT2D eigenvalue weighted by Crippen LogP contribution is -2.27. The van der Waals surface area contributed by atoms with Gasteiger partial charge in [-0.15, -0.1) is 0 Å². The molecule has 0 saturated heterocycles. The van der Waals surface area contributed by atoms with E-state index < -0.39 is 0 Å². The van der Waals surface area contributed by atoms with E-state index in [0.29, 0.717) is 24.4 Å². The molecule has 0 unspecified atom stereocenters. The van der Waals surface area contributed by atoms with E-state index in [1.54, 1.807) is 12.4 Å². The Hall–Kier alpha value is -3.02. The van der Waals surface area contributed by atoms with Crippen molar-refractivity contribution in [3.05, 3.63) is 48.1 Å². The van der Waals surface area contributed by atoms with Crippen molar-refractivity contribution < 1.29 is 4.79 Å². The molecule has 0 saturated carbocycles. The summed E-state index contributed by atoms with van der Waals surface area (Å²) in [5, 5.41) is 2.88. The van der Waals surface area contributed by atoms with E-state index in [1.165, 1.54) is 6.33 Å². The van der Waals surface area contributed by atoms with Crippen molar-refractivity contribution in [2.45, 2.75) is 19.8 Å². The summed E-state index contributed by atoms with van der Waals surface area (Å²) < 4.78 is 0. The number of hydrogen-bond acceptors (Lipinski definition) is 5. The van der Waals surface area contributed by atoms with E-state index in [9.17, 15) is 4.79 Å². The van der Waals surface area contributed by atoms with Crippen LogP contribution in [0, 0.1) is 0 Å². The number of carbonyl (C=O) groups excluding carboxylic acids is 1. The van der Waals surface area contributed by atoms with Crippen LogP contribution in [0.3, 0.4) is 0 Å². The van der Waals surface area contributed by atoms with Gasteiger partial charge >= 0.3 is 0 Å². The minimum absolute atomic E-state index is 0.0941. The van der Waals surface area contributed by atoms with Crippen molar-refractivity contribution >= 4 is 23.5 Å². The number of amidine groups is 1. The Morgan fingerprint density at radius 2 is 2.04 bits per heavy atom. The van der Waals surface area contributed by atoms with Crippen molar-refractivity contribution in [3.63, 3.8) is 0 Å². The van der Waals surface area contributed by atoms with Gasteiger partial charge in [0.2, 0.25) is 5.91 Å². The number of rotatable bonds is 4. The van der Waals surface area contributed by atoms with Crippen LogP contribution in [0.15, 0.2) is 47.5 Å². The average molecular weight is 321 g/mol. The number of carbonyl (C=O) groups is 1. The smallest absolute Gasteiger partial charge is 0.247 e. The van der Waals surface area contributed by atoms with Crippen molar-refractivity contribution in [1.29, 1.82) is 0 Å². The fraction of sp³-hybridized carbons (Fsp3) is 0.222. The summed E-state index contributed by atoms with van der Waals surface area (Å²) in [7, 11) is 0. The van der Waals surface area contributed by atoms with E-state index in [0.717, 1.165) is 28.8 Å². The van der Waals surface area contributed by atoms with Gasteiger partial charge in [0.05, 0.1) is 5.69 Å². The van der Waals surface area contributed by atoms with Gasteiger partial charge in [-0.25, -0.2) is 15.0 Å². The Morgan fingerprint density at radius 3 is 2.79 bits per heavy atom. The third-order valence-electron chi connectivity index (χ3n) is 3.72. The molecule has 1 aliphatic rings. The number of nitrogens with two attached hydrogens (primary N) is 1. The third kappa shape index (κ3) is 3.48. The summed E-state index contributed by atoms with van der Waals surface area (Å²) in [6.45, 7) is 2.66. The molecular formula is C18H19N5O. The summed E-state index contributed by atoms with van der Waals surface area (Å²) in [6.07, 6.45) is 8.08. The van der Waals surface area contributed by atoms with E-state index in [4.69, 9.17) is 5.73 Å². The SMILES string of the molecule is CCCNC(=O)C1=Cc2ccc(-c3cncnc3)cc2N=C(N)C1. The molecule has 0 radical (unpaired) electrons. The number of aromatic nitrogens is 2. The Bertz CT molecular complexity index is 811. The lowest BCUT2D eigenvalue weighted by Gasteiger charge is -2.06. The minimum Gasteiger partial charge on any atom is -0.387 e. The first-order chi connectivity index (χ1) is 11.7. The summed E-state index contributed by atoms with van der Waals surface area (Å²) in [6, 6.07) is 5.84. The minimum atomic E-state index is -0.0941. The predicted molar refractivity (Wildman–Crippen MR) is 94.6 cm³/mol. The zero-order valence-electron chi connectivity index (χ0n) is 13.5. The lowest BCUT2D eigenvalue weighted by atomic mass is 10.0. The molecule has 0 bridgehead atoms. The summed E-state index contributed by atoms with van der Waals surface area (Å²) >= 11 is 0. The van der Waals surface area contributed by atoms with E-state index >= 15 is 0 Å². The van der Waals surface area contributed by atoms with Crippen LogP contribution in [0.5, 0.6) is 0 Å². The summed E-state index contributed by atoms with van der Waals surface area (Å²) in [5.41, 5.74) is 10.1. The topological polar surface area (TPSA) is 93.3 Å². The van der Waals surface area contributed by atoms with E-state index in [-0.39, 0.29) is 5.91 Å². The number of hydrogen-bond donors (Lipinski definition) is 2. The first kappa shape index (κ1) is 15.9. The molecule has 6 heteroatoms. The van der Waals surface area contributed by atoms with Gasteiger partial charge in [0.25, 0.3) is 0 Å². The number of fused-ring (bicyclic) bond motifs is 1. The summed E-state index contributed by atoms with van der Waals surface area (Å²) in [5.74, 6) is 0.330. The molecule has 0 fully saturated rings. The van der Waals surface area contributed by atoms with Gasteiger partial charge in [0.1, 0.15) is 12.2 Å². The van der Waals surface area contributed by atoms with Crippen molar-refractivity contribution in [3.8, 4) is 11.1 Å². The van der Waals surface area contributed by atoms with Crippen LogP contribution in [-0.2, 0) is 4.79 Å². The first-order valence-electron chi connectivity index (χ1n) is 7.88. The molecule has 3 rings (SSSR count). The molecule has 2 heterocycles. The normalized spacial score (nSPS) is 13.4. The molecule has 0 atom stereocenters. The van der Waals surface area contributed by atoms with Gasteiger partial charge in [-0.2, -0.15) is 0 Å². The van der Waals surface area contributed by atoms with Crippen LogP contribution < -0.4 is 11.1 Å². The molecule has 122 valence electrons. The highest BCUT2D eigenvalue weighted by Gasteiger charge is 2.16. The Morgan fingerprint density at radius 1 is 1.25 bits per heavy atom. The molecule has 6 nitrogen and oxygen atoms in total. The van der Waals surface area contributed by atoms with Crippen LogP contribution in [0.2, 0.25) is 0 Å². The monoisotopic (exact) mass is 321 g/mol. The zero-order valence-corrected chi connectivity index (χ0v) is 13.5. The maximum atomic E-state index is 12.2. The highest BCUT2D eigenvalue weighted by molar-refractivity contribution is 6.05. The molecule has 1 amide bonds. The first-order valence-corrected chi connectivity index (χ1v) is 7.88. The van der Waals surface area contributed by atoms with Crippen molar-refractivity contribution in [1.82, 2.24) is 15.3 Å². The van der Waals surface area contributed by atoms with Crippen LogP contribution in [-0.4, -0.2) is 28.3 Å². The molecule has 24 heavy (non-hydrogen) atoms. The van der Waals surface area contributed by atoms with Crippen molar-refractivity contribution in [2.24, 2.45) is 10.7 Å². The number of aliphatic imine (C=N–C) groups is 1. The molecule has 3 N–H and O–H groups in total. The van der Waals surface area contributed by atoms with Gasteiger partial charge in [-0.1, -0.05) is 19.1 Å². The molecule has 1 aromatic carbocycles. The zero-order chi connectivity index (χ0) is 16.9. The Kier molecular flexibility index (Phi) is 4.65. The summed E-state index contributed by atoms with van der Waals surface area (Å²) in [4.78, 5) is 24.8. The Balaban J connectivity index is 1.97. The second kappa shape index (κ2) is 7.04. The molecule has 1 aromatic heterocycles. The molecule has 0 spiro atoms. The largest absolute Gasteiger partial charge is 0.387 e. The quantitative estimate of drug-likeness (QED) is 0.904. The standard InChI is InChI=1S/C18H19N5O/c1-2-5-22-18(24)14-6-13-4-3-12(15-9-20-11-21-10-15)7-16(13)23-17(19)8-14/h3-4,6-7,9-11H,2,5,8H2,1H3,(H2,19,23)(H,22,24). The maximum Gasteiger partial charge on any atom is 0.247 e. The molecule has 2 aromatic rings. The van der Waals surface area contributed by atoms with Crippen LogP contribution in [0.4, 0.5) is 5.69 Å². The fourth-order valence-electron chi connectivity index (χ4n) is 2.52. The number of benzene rings is 1. The molecule has 0 aliphatic carbocycles. The highest BCUT2D eigenvalue weighted by Crippen LogP contribution is 2.31. The lowest BCUT2D eigenvalue weighted by molar-refractivity contribution is -0.117. The molecular weight excluding hydrogens is 302 g/mol. The van der Waals surface area contributed by atoms with Gasteiger partial charge < -0.3 is 11.1 Å². The number of nitrogens with zero attached hydrogens (tertiary/aromatic N) is 3. The second-order valence-corrected chi connectivity index (χ2v) is 5.61. The van der Waals surface area contributed by atoms with Crippen LogP contribution in [0.25, 0.3) is 17.2 Å². The van der Waals surface area contributed by atoms with Crippen LogP contribution in [0.1, 0.15) is 25.3 Å². The van der Waals surface area contributed by atoms with Gasteiger partial charge in [0.15, 0.2) is 0 Å². The van der Waals surface area contributed by atoms with Crippen molar-refractivity contribution in [2.75, 3.05) is 6.54 Å². The number of nitrogens with one attached hydrogen (secondary N) is 1. The van der Waals surface area contributed by atoms with Crippen LogP contribution >= 0.6 is 0 Å². The number of amides is 1. The average Bonchev–Trinajstić information content (AvgIpc) is 2.77. The van der Waals surface area contributed by atoms with Gasteiger partial charge in [-0.3, -0.25) is 4.79 Å². The fourth-order valence-corrected chi connectivity index (χ4v) is 2.52. The predicted octanol–water partition coefficient (Wildman–Crippen LogP) is 2.45. The maximum absolute atomic E-state index is 12.2. The van der Waals surface area contributed by atoms with Gasteiger partial charge in [-0.05, 0) is 24.1 Å². The molecule has 1 aliphatic heterocycles. The second-order valence-electron chi connectivity index (χ2n) is 5.61.